The van der Waals surface area contributed by atoms with Gasteiger partial charge in [-0.2, -0.15) is 0 Å². The maximum absolute atomic E-state index is 12.2. The number of nitrogens with two attached hydrogens (primary N) is 1. The van der Waals surface area contributed by atoms with Gasteiger partial charge in [-0.25, -0.2) is 0 Å². The molecule has 0 aliphatic heterocycles. The molecule has 1 saturated carbocycles. The Morgan fingerprint density at radius 1 is 1.29 bits per heavy atom. The largest absolute Gasteiger partial charge is 0.573 e. The molecule has 0 spiro atoms. The van der Waals surface area contributed by atoms with Gasteiger partial charge >= 0.3 is 6.36 Å². The fourth-order valence-corrected chi connectivity index (χ4v) is 2.16. The molecule has 2 nitrogen and oxygen atoms in total. The number of hydrogen-bond acceptors (Lipinski definition) is 2. The summed E-state index contributed by atoms with van der Waals surface area (Å²) in [6.07, 6.45) is -3.37. The molecule has 0 bridgehead atoms. The molecule has 1 aromatic rings. The molecule has 6 heteroatoms. The molecule has 92 valence electrons. The third-order valence-electron chi connectivity index (χ3n) is 2.85. The molecule has 0 atom stereocenters. The standard InChI is InChI=1S/C11H10F3NOS/c12-11(13,14)16-8-4-2-1-3-7(8)10(5-6-10)9(15)17/h1-4H,5-6H2,(H2,15,17). The highest BCUT2D eigenvalue weighted by Gasteiger charge is 2.49. The molecule has 0 heterocycles. The minimum atomic E-state index is -4.71. The Hall–Kier alpha value is -1.30. The Kier molecular flexibility index (Phi) is 2.77. The SMILES string of the molecule is NC(=S)C1(c2ccccc2OC(F)(F)F)CC1. The van der Waals surface area contributed by atoms with Gasteiger partial charge in [-0.05, 0) is 18.9 Å². The Morgan fingerprint density at radius 3 is 2.35 bits per heavy atom. The zero-order valence-electron chi connectivity index (χ0n) is 8.75. The summed E-state index contributed by atoms with van der Waals surface area (Å²) in [5.41, 5.74) is 5.40. The van der Waals surface area contributed by atoms with Crippen LogP contribution in [0.4, 0.5) is 13.2 Å². The second-order valence-corrected chi connectivity index (χ2v) is 4.43. The Labute approximate surface area is 102 Å². The smallest absolute Gasteiger partial charge is 0.405 e. The first-order chi connectivity index (χ1) is 7.85. The van der Waals surface area contributed by atoms with Gasteiger partial charge in [0.1, 0.15) is 5.75 Å². The number of benzene rings is 1. The van der Waals surface area contributed by atoms with Crippen LogP contribution in [-0.4, -0.2) is 11.4 Å². The molecule has 0 amide bonds. The lowest BCUT2D eigenvalue weighted by atomic mass is 9.95. The minimum absolute atomic E-state index is 0.217. The maximum atomic E-state index is 12.2. The second-order valence-electron chi connectivity index (χ2n) is 3.99. The molecular weight excluding hydrogens is 251 g/mol. The van der Waals surface area contributed by atoms with Crippen LogP contribution in [0.2, 0.25) is 0 Å². The summed E-state index contributed by atoms with van der Waals surface area (Å²) in [5.74, 6) is -0.217. The monoisotopic (exact) mass is 261 g/mol. The topological polar surface area (TPSA) is 35.2 Å². The zero-order valence-corrected chi connectivity index (χ0v) is 9.57. The molecular formula is C11H10F3NOS. The highest BCUT2D eigenvalue weighted by molar-refractivity contribution is 7.80. The van der Waals surface area contributed by atoms with Gasteiger partial charge in [0.25, 0.3) is 0 Å². The van der Waals surface area contributed by atoms with Gasteiger partial charge in [0.2, 0.25) is 0 Å². The van der Waals surface area contributed by atoms with Crippen molar-refractivity contribution in [2.75, 3.05) is 0 Å². The summed E-state index contributed by atoms with van der Waals surface area (Å²) in [5, 5.41) is 0. The second kappa shape index (κ2) is 3.87. The Bertz CT molecular complexity index is 454. The van der Waals surface area contributed by atoms with E-state index in [0.29, 0.717) is 18.4 Å². The molecule has 0 aromatic heterocycles. The third-order valence-corrected chi connectivity index (χ3v) is 3.24. The van der Waals surface area contributed by atoms with Crippen molar-refractivity contribution in [3.8, 4) is 5.75 Å². The van der Waals surface area contributed by atoms with Gasteiger partial charge in [-0.3, -0.25) is 0 Å². The highest BCUT2D eigenvalue weighted by Crippen LogP contribution is 2.52. The summed E-state index contributed by atoms with van der Waals surface area (Å²) in [6, 6.07) is 5.99. The molecule has 0 radical (unpaired) electrons. The summed E-state index contributed by atoms with van der Waals surface area (Å²) in [4.78, 5) is 0.218. The summed E-state index contributed by atoms with van der Waals surface area (Å²) in [7, 11) is 0. The summed E-state index contributed by atoms with van der Waals surface area (Å²) < 4.78 is 40.7. The Morgan fingerprint density at radius 2 is 1.88 bits per heavy atom. The number of para-hydroxylation sites is 1. The van der Waals surface area contributed by atoms with Crippen molar-refractivity contribution in [2.24, 2.45) is 5.73 Å². The van der Waals surface area contributed by atoms with E-state index in [-0.39, 0.29) is 10.7 Å². The average Bonchev–Trinajstić information content (AvgIpc) is 2.96. The van der Waals surface area contributed by atoms with E-state index in [4.69, 9.17) is 18.0 Å². The van der Waals surface area contributed by atoms with Crippen LogP contribution in [0.1, 0.15) is 18.4 Å². The van der Waals surface area contributed by atoms with Crippen LogP contribution < -0.4 is 10.5 Å². The molecule has 2 N–H and O–H groups in total. The number of hydrogen-bond donors (Lipinski definition) is 1. The van der Waals surface area contributed by atoms with Crippen molar-refractivity contribution in [1.82, 2.24) is 0 Å². The van der Waals surface area contributed by atoms with Gasteiger partial charge in [-0.15, -0.1) is 13.2 Å². The summed E-state index contributed by atoms with van der Waals surface area (Å²) >= 11 is 4.92. The van der Waals surface area contributed by atoms with Crippen molar-refractivity contribution in [1.29, 1.82) is 0 Å². The molecule has 17 heavy (non-hydrogen) atoms. The van der Waals surface area contributed by atoms with E-state index in [2.05, 4.69) is 4.74 Å². The lowest BCUT2D eigenvalue weighted by Gasteiger charge is -2.19. The van der Waals surface area contributed by atoms with Crippen molar-refractivity contribution >= 4 is 17.2 Å². The maximum Gasteiger partial charge on any atom is 0.573 e. The molecule has 0 unspecified atom stereocenters. The first-order valence-corrected chi connectivity index (χ1v) is 5.41. The van der Waals surface area contributed by atoms with E-state index in [1.807, 2.05) is 0 Å². The predicted octanol–water partition coefficient (Wildman–Crippen LogP) is 2.90. The average molecular weight is 261 g/mol. The van der Waals surface area contributed by atoms with Crippen LogP contribution in [0, 0.1) is 0 Å². The first-order valence-electron chi connectivity index (χ1n) is 5.00. The number of alkyl halides is 3. The van der Waals surface area contributed by atoms with Crippen molar-refractivity contribution in [3.05, 3.63) is 29.8 Å². The highest BCUT2D eigenvalue weighted by atomic mass is 32.1. The van der Waals surface area contributed by atoms with E-state index in [0.717, 1.165) is 0 Å². The van der Waals surface area contributed by atoms with Crippen molar-refractivity contribution < 1.29 is 17.9 Å². The van der Waals surface area contributed by atoms with Crippen LogP contribution >= 0.6 is 12.2 Å². The van der Waals surface area contributed by atoms with E-state index < -0.39 is 11.8 Å². The van der Waals surface area contributed by atoms with Crippen molar-refractivity contribution in [2.45, 2.75) is 24.6 Å². The zero-order chi connectivity index (χ0) is 12.7. The normalized spacial score (nSPS) is 17.6. The van der Waals surface area contributed by atoms with Gasteiger partial charge in [0.15, 0.2) is 0 Å². The number of thiocarbonyl (C=S) groups is 1. The van der Waals surface area contributed by atoms with Gasteiger partial charge < -0.3 is 10.5 Å². The first kappa shape index (κ1) is 12.2. The fourth-order valence-electron chi connectivity index (χ4n) is 1.85. The molecule has 2 rings (SSSR count). The van der Waals surface area contributed by atoms with Gasteiger partial charge in [-0.1, -0.05) is 30.4 Å². The van der Waals surface area contributed by atoms with Gasteiger partial charge in [0, 0.05) is 11.0 Å². The van der Waals surface area contributed by atoms with Crippen LogP contribution in [-0.2, 0) is 5.41 Å². The molecule has 1 aliphatic rings. The van der Waals surface area contributed by atoms with Crippen LogP contribution in [0.5, 0.6) is 5.75 Å². The van der Waals surface area contributed by atoms with E-state index in [1.54, 1.807) is 12.1 Å². The van der Waals surface area contributed by atoms with E-state index in [1.165, 1.54) is 12.1 Å². The quantitative estimate of drug-likeness (QED) is 0.850. The lowest BCUT2D eigenvalue weighted by molar-refractivity contribution is -0.274. The van der Waals surface area contributed by atoms with E-state index >= 15 is 0 Å². The molecule has 0 saturated heterocycles. The van der Waals surface area contributed by atoms with Crippen LogP contribution in [0.15, 0.2) is 24.3 Å². The fraction of sp³-hybridized carbons (Fsp3) is 0.364. The lowest BCUT2D eigenvalue weighted by Crippen LogP contribution is -2.28. The number of rotatable bonds is 3. The van der Waals surface area contributed by atoms with Crippen molar-refractivity contribution in [3.63, 3.8) is 0 Å². The number of halogens is 3. The predicted molar refractivity (Wildman–Crippen MR) is 60.8 cm³/mol. The summed E-state index contributed by atoms with van der Waals surface area (Å²) in [6.45, 7) is 0. The van der Waals surface area contributed by atoms with Crippen LogP contribution in [0.25, 0.3) is 0 Å². The number of ether oxygens (including phenoxy) is 1. The molecule has 1 aliphatic carbocycles. The van der Waals surface area contributed by atoms with E-state index in [9.17, 15) is 13.2 Å². The minimum Gasteiger partial charge on any atom is -0.405 e. The van der Waals surface area contributed by atoms with Gasteiger partial charge in [0.05, 0.1) is 4.99 Å². The molecule has 1 fully saturated rings. The molecule has 1 aromatic carbocycles. The third kappa shape index (κ3) is 2.36. The van der Waals surface area contributed by atoms with Crippen LogP contribution in [0.3, 0.4) is 0 Å². The Balaban J connectivity index is 2.38.